The number of carbonyl (C=O) groups excluding carboxylic acids is 1. The lowest BCUT2D eigenvalue weighted by Gasteiger charge is -2.35. The maximum atomic E-state index is 11.9. The fourth-order valence-electron chi connectivity index (χ4n) is 3.65. The number of carbonyl (C=O) groups is 1. The SMILES string of the molecule is CCOC(=O)Cn1nnnc1C(NC1CCCCC1N)C(CC)CC. The molecule has 1 heterocycles. The first-order chi connectivity index (χ1) is 12.1. The van der Waals surface area contributed by atoms with Crippen LogP contribution in [-0.2, 0) is 16.1 Å². The van der Waals surface area contributed by atoms with Gasteiger partial charge in [0.05, 0.1) is 12.6 Å². The summed E-state index contributed by atoms with van der Waals surface area (Å²) in [5.74, 6) is 0.745. The van der Waals surface area contributed by atoms with E-state index in [0.717, 1.165) is 25.7 Å². The molecule has 0 spiro atoms. The van der Waals surface area contributed by atoms with Crippen molar-refractivity contribution in [2.75, 3.05) is 6.61 Å². The van der Waals surface area contributed by atoms with Crippen LogP contribution in [0.25, 0.3) is 0 Å². The maximum Gasteiger partial charge on any atom is 0.327 e. The van der Waals surface area contributed by atoms with Crippen molar-refractivity contribution in [3.8, 4) is 0 Å². The molecule has 1 aliphatic carbocycles. The minimum Gasteiger partial charge on any atom is -0.465 e. The molecule has 1 fully saturated rings. The van der Waals surface area contributed by atoms with E-state index in [0.29, 0.717) is 18.3 Å². The van der Waals surface area contributed by atoms with E-state index in [9.17, 15) is 4.79 Å². The van der Waals surface area contributed by atoms with Crippen LogP contribution >= 0.6 is 0 Å². The predicted molar refractivity (Wildman–Crippen MR) is 94.6 cm³/mol. The number of nitrogens with two attached hydrogens (primary N) is 1. The molecule has 0 amide bonds. The molecule has 0 saturated heterocycles. The highest BCUT2D eigenvalue weighted by Crippen LogP contribution is 2.29. The Kier molecular flexibility index (Phi) is 7.77. The fourth-order valence-corrected chi connectivity index (χ4v) is 3.65. The molecule has 3 unspecified atom stereocenters. The molecule has 8 heteroatoms. The monoisotopic (exact) mass is 352 g/mol. The van der Waals surface area contributed by atoms with E-state index in [1.165, 1.54) is 12.8 Å². The maximum absolute atomic E-state index is 11.9. The first kappa shape index (κ1) is 19.8. The summed E-state index contributed by atoms with van der Waals surface area (Å²) in [6, 6.07) is 0.390. The average molecular weight is 352 g/mol. The van der Waals surface area contributed by atoms with Crippen LogP contribution in [0.4, 0.5) is 0 Å². The number of nitrogens with zero attached hydrogens (tertiary/aromatic N) is 4. The van der Waals surface area contributed by atoms with Crippen molar-refractivity contribution in [3.63, 3.8) is 0 Å². The normalized spacial score (nSPS) is 22.1. The molecule has 3 N–H and O–H groups in total. The molecular weight excluding hydrogens is 320 g/mol. The van der Waals surface area contributed by atoms with Gasteiger partial charge < -0.3 is 15.8 Å². The number of ether oxygens (including phenoxy) is 1. The highest BCUT2D eigenvalue weighted by Gasteiger charge is 2.32. The summed E-state index contributed by atoms with van der Waals surface area (Å²) in [5.41, 5.74) is 6.33. The molecule has 142 valence electrons. The molecule has 1 aromatic rings. The first-order valence-electron chi connectivity index (χ1n) is 9.53. The van der Waals surface area contributed by atoms with Crippen molar-refractivity contribution in [2.45, 2.75) is 84.0 Å². The first-order valence-corrected chi connectivity index (χ1v) is 9.53. The fraction of sp³-hybridized carbons (Fsp3) is 0.882. The van der Waals surface area contributed by atoms with E-state index in [1.54, 1.807) is 11.6 Å². The largest absolute Gasteiger partial charge is 0.465 e. The molecular formula is C17H32N6O2. The standard InChI is InChI=1S/C17H32N6O2/c1-4-12(5-2)16(19-14-10-8-7-9-13(14)18)17-20-21-22-23(17)11-15(24)25-6-3/h12-14,16,19H,4-11,18H2,1-3H3. The third kappa shape index (κ3) is 5.22. The molecule has 0 aromatic carbocycles. The summed E-state index contributed by atoms with van der Waals surface area (Å²) in [5, 5.41) is 15.8. The summed E-state index contributed by atoms with van der Waals surface area (Å²) >= 11 is 0. The number of esters is 1. The van der Waals surface area contributed by atoms with E-state index in [-0.39, 0.29) is 30.6 Å². The third-order valence-corrected chi connectivity index (χ3v) is 5.16. The quantitative estimate of drug-likeness (QED) is 0.649. The summed E-state index contributed by atoms with van der Waals surface area (Å²) in [7, 11) is 0. The molecule has 8 nitrogen and oxygen atoms in total. The van der Waals surface area contributed by atoms with Crippen molar-refractivity contribution in [3.05, 3.63) is 5.82 Å². The number of tetrazole rings is 1. The van der Waals surface area contributed by atoms with Gasteiger partial charge in [-0.05, 0) is 36.1 Å². The summed E-state index contributed by atoms with van der Waals surface area (Å²) < 4.78 is 6.59. The Bertz CT molecular complexity index is 531. The molecule has 1 aliphatic rings. The Morgan fingerprint density at radius 2 is 2.04 bits per heavy atom. The van der Waals surface area contributed by atoms with Crippen LogP contribution in [0.15, 0.2) is 0 Å². The Hall–Kier alpha value is -1.54. The van der Waals surface area contributed by atoms with Gasteiger partial charge in [-0.3, -0.25) is 4.79 Å². The average Bonchev–Trinajstić information content (AvgIpc) is 3.04. The highest BCUT2D eigenvalue weighted by molar-refractivity contribution is 5.69. The zero-order valence-corrected chi connectivity index (χ0v) is 15.6. The molecule has 0 aliphatic heterocycles. The van der Waals surface area contributed by atoms with Crippen molar-refractivity contribution in [1.82, 2.24) is 25.5 Å². The molecule has 25 heavy (non-hydrogen) atoms. The second kappa shape index (κ2) is 9.82. The lowest BCUT2D eigenvalue weighted by Crippen LogP contribution is -2.50. The van der Waals surface area contributed by atoms with Crippen molar-refractivity contribution >= 4 is 5.97 Å². The number of rotatable bonds is 9. The number of aromatic nitrogens is 4. The van der Waals surface area contributed by atoms with Crippen molar-refractivity contribution < 1.29 is 9.53 Å². The van der Waals surface area contributed by atoms with E-state index in [1.807, 2.05) is 0 Å². The molecule has 3 atom stereocenters. The Morgan fingerprint density at radius 3 is 2.68 bits per heavy atom. The van der Waals surface area contributed by atoms with Crippen LogP contribution in [0.2, 0.25) is 0 Å². The second-order valence-corrected chi connectivity index (χ2v) is 6.78. The molecule has 0 bridgehead atoms. The molecule has 2 rings (SSSR count). The minimum absolute atomic E-state index is 0.0198. The van der Waals surface area contributed by atoms with Gasteiger partial charge in [0.15, 0.2) is 5.82 Å². The predicted octanol–water partition coefficient (Wildman–Crippen LogP) is 1.57. The number of hydrogen-bond donors (Lipinski definition) is 2. The van der Waals surface area contributed by atoms with Crippen LogP contribution in [0.3, 0.4) is 0 Å². The van der Waals surface area contributed by atoms with Crippen molar-refractivity contribution in [1.29, 1.82) is 0 Å². The Morgan fingerprint density at radius 1 is 1.32 bits per heavy atom. The molecule has 1 saturated carbocycles. The Balaban J connectivity index is 2.20. The van der Waals surface area contributed by atoms with Crippen LogP contribution in [0.1, 0.15) is 71.2 Å². The summed E-state index contributed by atoms with van der Waals surface area (Å²) in [6.45, 7) is 6.51. The van der Waals surface area contributed by atoms with Crippen LogP contribution in [0, 0.1) is 5.92 Å². The lowest BCUT2D eigenvalue weighted by molar-refractivity contribution is -0.144. The lowest BCUT2D eigenvalue weighted by atomic mass is 9.87. The van der Waals surface area contributed by atoms with E-state index in [4.69, 9.17) is 10.5 Å². The smallest absolute Gasteiger partial charge is 0.327 e. The summed E-state index contributed by atoms with van der Waals surface area (Å²) in [6.07, 6.45) is 6.49. The second-order valence-electron chi connectivity index (χ2n) is 6.78. The molecule has 1 aromatic heterocycles. The van der Waals surface area contributed by atoms with Crippen molar-refractivity contribution in [2.24, 2.45) is 11.7 Å². The van der Waals surface area contributed by atoms with Gasteiger partial charge in [-0.2, -0.15) is 0 Å². The van der Waals surface area contributed by atoms with Gasteiger partial charge in [0.25, 0.3) is 0 Å². The van der Waals surface area contributed by atoms with Gasteiger partial charge in [-0.1, -0.05) is 39.5 Å². The molecule has 0 radical (unpaired) electrons. The number of nitrogens with one attached hydrogen (secondary N) is 1. The van der Waals surface area contributed by atoms with E-state index in [2.05, 4.69) is 34.7 Å². The van der Waals surface area contributed by atoms with Gasteiger partial charge in [0, 0.05) is 12.1 Å². The van der Waals surface area contributed by atoms with Gasteiger partial charge in [-0.25, -0.2) is 4.68 Å². The minimum atomic E-state index is -0.325. The van der Waals surface area contributed by atoms with Gasteiger partial charge in [0.1, 0.15) is 6.54 Å². The van der Waals surface area contributed by atoms with Gasteiger partial charge in [-0.15, -0.1) is 5.10 Å². The van der Waals surface area contributed by atoms with Crippen LogP contribution in [-0.4, -0.2) is 44.9 Å². The summed E-state index contributed by atoms with van der Waals surface area (Å²) in [4.78, 5) is 11.9. The van der Waals surface area contributed by atoms with Gasteiger partial charge >= 0.3 is 5.97 Å². The van der Waals surface area contributed by atoms with Gasteiger partial charge in [0.2, 0.25) is 0 Å². The van der Waals surface area contributed by atoms with Crippen LogP contribution in [0.5, 0.6) is 0 Å². The Labute approximate surface area is 149 Å². The zero-order chi connectivity index (χ0) is 18.2. The zero-order valence-electron chi connectivity index (χ0n) is 15.6. The third-order valence-electron chi connectivity index (χ3n) is 5.16. The van der Waals surface area contributed by atoms with E-state index < -0.39 is 0 Å². The number of hydrogen-bond acceptors (Lipinski definition) is 7. The highest BCUT2D eigenvalue weighted by atomic mass is 16.5. The van der Waals surface area contributed by atoms with Crippen LogP contribution < -0.4 is 11.1 Å². The topological polar surface area (TPSA) is 108 Å². The van der Waals surface area contributed by atoms with E-state index >= 15 is 0 Å².